The van der Waals surface area contributed by atoms with Crippen LogP contribution in [0.4, 0.5) is 4.39 Å². The van der Waals surface area contributed by atoms with Gasteiger partial charge in [0, 0.05) is 19.1 Å². The molecule has 1 aromatic carbocycles. The van der Waals surface area contributed by atoms with Crippen LogP contribution in [0.15, 0.2) is 24.3 Å². The Kier molecular flexibility index (Phi) is 4.90. The molecule has 2 unspecified atom stereocenters. The van der Waals surface area contributed by atoms with E-state index >= 15 is 0 Å². The number of rotatable bonds is 5. The molecule has 0 aliphatic heterocycles. The maximum absolute atomic E-state index is 12.7. The van der Waals surface area contributed by atoms with Gasteiger partial charge in [0.1, 0.15) is 5.82 Å². The van der Waals surface area contributed by atoms with Gasteiger partial charge in [-0.2, -0.15) is 0 Å². The summed E-state index contributed by atoms with van der Waals surface area (Å²) < 4.78 is 12.7. The molecule has 1 aromatic rings. The van der Waals surface area contributed by atoms with E-state index in [1.165, 1.54) is 12.1 Å². The van der Waals surface area contributed by atoms with Crippen LogP contribution in [-0.4, -0.2) is 24.5 Å². The van der Waals surface area contributed by atoms with Crippen LogP contribution in [0.5, 0.6) is 0 Å². The van der Waals surface area contributed by atoms with Crippen LogP contribution < -0.4 is 5.73 Å². The van der Waals surface area contributed by atoms with E-state index in [1.807, 2.05) is 19.1 Å². The second-order valence-electron chi connectivity index (χ2n) is 4.66. The zero-order chi connectivity index (χ0) is 12.1. The first-order valence-electron chi connectivity index (χ1n) is 5.67. The Hall–Kier alpha value is -0.930. The average Bonchev–Trinajstić information content (AvgIpc) is 2.21. The molecule has 0 spiro atoms. The van der Waals surface area contributed by atoms with E-state index in [4.69, 9.17) is 5.73 Å². The first-order valence-corrected chi connectivity index (χ1v) is 5.67. The fourth-order valence-corrected chi connectivity index (χ4v) is 1.62. The van der Waals surface area contributed by atoms with E-state index in [0.29, 0.717) is 5.92 Å². The van der Waals surface area contributed by atoms with E-state index in [1.54, 1.807) is 0 Å². The highest BCUT2D eigenvalue weighted by Gasteiger charge is 2.10. The Morgan fingerprint density at radius 2 is 1.81 bits per heavy atom. The summed E-state index contributed by atoms with van der Waals surface area (Å²) in [6.45, 7) is 5.95. The maximum Gasteiger partial charge on any atom is 0.123 e. The molecule has 0 aromatic heterocycles. The lowest BCUT2D eigenvalue weighted by molar-refractivity contribution is 0.262. The number of benzene rings is 1. The molecule has 0 bridgehead atoms. The van der Waals surface area contributed by atoms with Gasteiger partial charge in [0.2, 0.25) is 0 Å². The molecule has 0 fully saturated rings. The number of nitrogens with zero attached hydrogens (tertiary/aromatic N) is 1. The molecule has 2 nitrogen and oxygen atoms in total. The summed E-state index contributed by atoms with van der Waals surface area (Å²) in [6.07, 6.45) is 0. The summed E-state index contributed by atoms with van der Waals surface area (Å²) in [6, 6.07) is 6.84. The molecule has 0 heterocycles. The van der Waals surface area contributed by atoms with Crippen LogP contribution in [0, 0.1) is 11.7 Å². The number of hydrogen-bond donors (Lipinski definition) is 1. The largest absolute Gasteiger partial charge is 0.328 e. The van der Waals surface area contributed by atoms with Gasteiger partial charge < -0.3 is 10.6 Å². The lowest BCUT2D eigenvalue weighted by Gasteiger charge is -2.23. The topological polar surface area (TPSA) is 29.3 Å². The Bertz CT molecular complexity index is 308. The molecule has 16 heavy (non-hydrogen) atoms. The first kappa shape index (κ1) is 13.1. The molecule has 0 aliphatic rings. The van der Waals surface area contributed by atoms with Gasteiger partial charge in [-0.15, -0.1) is 0 Å². The summed E-state index contributed by atoms with van der Waals surface area (Å²) in [5.41, 5.74) is 6.95. The van der Waals surface area contributed by atoms with Gasteiger partial charge in [0.25, 0.3) is 0 Å². The van der Waals surface area contributed by atoms with Gasteiger partial charge in [-0.25, -0.2) is 4.39 Å². The highest BCUT2D eigenvalue weighted by molar-refractivity contribution is 5.15. The molecular weight excluding hydrogens is 203 g/mol. The van der Waals surface area contributed by atoms with Crippen molar-refractivity contribution >= 4 is 0 Å². The quantitative estimate of drug-likeness (QED) is 0.831. The van der Waals surface area contributed by atoms with Crippen molar-refractivity contribution in [2.45, 2.75) is 26.4 Å². The Morgan fingerprint density at radius 3 is 2.31 bits per heavy atom. The molecular formula is C13H21FN2. The van der Waals surface area contributed by atoms with Crippen molar-refractivity contribution in [2.75, 3.05) is 13.6 Å². The number of nitrogens with two attached hydrogens (primary N) is 1. The van der Waals surface area contributed by atoms with Gasteiger partial charge in [-0.1, -0.05) is 19.1 Å². The molecule has 90 valence electrons. The molecule has 0 radical (unpaired) electrons. The zero-order valence-electron chi connectivity index (χ0n) is 10.3. The summed E-state index contributed by atoms with van der Waals surface area (Å²) in [5.74, 6) is 0.279. The summed E-state index contributed by atoms with van der Waals surface area (Å²) in [5, 5.41) is 0. The van der Waals surface area contributed by atoms with Gasteiger partial charge >= 0.3 is 0 Å². The molecule has 3 heteroatoms. The van der Waals surface area contributed by atoms with Crippen molar-refractivity contribution in [1.82, 2.24) is 4.90 Å². The fraction of sp³-hybridized carbons (Fsp3) is 0.538. The summed E-state index contributed by atoms with van der Waals surface area (Å²) in [7, 11) is 2.06. The first-order chi connectivity index (χ1) is 7.49. The van der Waals surface area contributed by atoms with Crippen molar-refractivity contribution in [3.8, 4) is 0 Å². The number of halogens is 1. The zero-order valence-corrected chi connectivity index (χ0v) is 10.3. The number of hydrogen-bond acceptors (Lipinski definition) is 2. The predicted octanol–water partition coefficient (Wildman–Crippen LogP) is 2.24. The lowest BCUT2D eigenvalue weighted by atomic mass is 10.0. The van der Waals surface area contributed by atoms with Crippen molar-refractivity contribution in [2.24, 2.45) is 11.7 Å². The monoisotopic (exact) mass is 224 g/mol. The normalized spacial score (nSPS) is 15.1. The van der Waals surface area contributed by atoms with Crippen LogP contribution >= 0.6 is 0 Å². The van der Waals surface area contributed by atoms with E-state index in [-0.39, 0.29) is 11.9 Å². The minimum Gasteiger partial charge on any atom is -0.328 e. The highest BCUT2D eigenvalue weighted by atomic mass is 19.1. The van der Waals surface area contributed by atoms with Crippen LogP contribution in [0.2, 0.25) is 0 Å². The maximum atomic E-state index is 12.7. The van der Waals surface area contributed by atoms with Gasteiger partial charge in [-0.3, -0.25) is 0 Å². The second-order valence-corrected chi connectivity index (χ2v) is 4.66. The second kappa shape index (κ2) is 5.97. The fourth-order valence-electron chi connectivity index (χ4n) is 1.62. The van der Waals surface area contributed by atoms with Gasteiger partial charge in [0.05, 0.1) is 0 Å². The van der Waals surface area contributed by atoms with Crippen molar-refractivity contribution in [3.05, 3.63) is 35.6 Å². The third kappa shape index (κ3) is 4.29. The van der Waals surface area contributed by atoms with Crippen LogP contribution in [0.1, 0.15) is 19.4 Å². The smallest absolute Gasteiger partial charge is 0.123 e. The van der Waals surface area contributed by atoms with Crippen LogP contribution in [-0.2, 0) is 6.54 Å². The third-order valence-electron chi connectivity index (χ3n) is 2.86. The lowest BCUT2D eigenvalue weighted by Crippen LogP contribution is -2.34. The van der Waals surface area contributed by atoms with E-state index in [0.717, 1.165) is 18.7 Å². The molecule has 0 amide bonds. The molecule has 0 saturated heterocycles. The Balaban J connectivity index is 2.45. The molecule has 2 atom stereocenters. The summed E-state index contributed by atoms with van der Waals surface area (Å²) in [4.78, 5) is 2.21. The Labute approximate surface area is 97.3 Å². The van der Waals surface area contributed by atoms with E-state index < -0.39 is 0 Å². The van der Waals surface area contributed by atoms with Crippen LogP contribution in [0.25, 0.3) is 0 Å². The molecule has 1 rings (SSSR count). The van der Waals surface area contributed by atoms with E-state index in [9.17, 15) is 4.39 Å². The van der Waals surface area contributed by atoms with Crippen molar-refractivity contribution in [1.29, 1.82) is 0 Å². The van der Waals surface area contributed by atoms with E-state index in [2.05, 4.69) is 18.9 Å². The minimum absolute atomic E-state index is 0.185. The predicted molar refractivity (Wildman–Crippen MR) is 65.5 cm³/mol. The highest BCUT2D eigenvalue weighted by Crippen LogP contribution is 2.08. The van der Waals surface area contributed by atoms with Crippen LogP contribution in [0.3, 0.4) is 0 Å². The molecule has 2 N–H and O–H groups in total. The third-order valence-corrected chi connectivity index (χ3v) is 2.86. The standard InChI is InChI=1S/C13H21FN2/c1-10(11(2)15)8-16(3)9-12-4-6-13(14)7-5-12/h4-7,10-11H,8-9,15H2,1-3H3. The van der Waals surface area contributed by atoms with Gasteiger partial charge in [0.15, 0.2) is 0 Å². The molecule has 0 saturated carbocycles. The Morgan fingerprint density at radius 1 is 1.25 bits per heavy atom. The SMILES string of the molecule is CC(N)C(C)CN(C)Cc1ccc(F)cc1. The molecule has 0 aliphatic carbocycles. The average molecular weight is 224 g/mol. The van der Waals surface area contributed by atoms with Crippen molar-refractivity contribution < 1.29 is 4.39 Å². The minimum atomic E-state index is -0.185. The van der Waals surface area contributed by atoms with Crippen molar-refractivity contribution in [3.63, 3.8) is 0 Å². The van der Waals surface area contributed by atoms with Gasteiger partial charge in [-0.05, 0) is 37.6 Å². The summed E-state index contributed by atoms with van der Waals surface area (Å²) >= 11 is 0.